The quantitative estimate of drug-likeness (QED) is 0.909. The molecule has 0 fully saturated rings. The summed E-state index contributed by atoms with van der Waals surface area (Å²) in [5.41, 5.74) is 2.18. The maximum absolute atomic E-state index is 12.9. The molecule has 22 heavy (non-hydrogen) atoms. The predicted octanol–water partition coefficient (Wildman–Crippen LogP) is 2.76. The summed E-state index contributed by atoms with van der Waals surface area (Å²) in [7, 11) is 0. The van der Waals surface area contributed by atoms with Gasteiger partial charge in [-0.3, -0.25) is 9.59 Å². The first-order valence-electron chi connectivity index (χ1n) is 8.08. The van der Waals surface area contributed by atoms with Gasteiger partial charge in [-0.25, -0.2) is 0 Å². The number of amides is 2. The molecule has 0 saturated carbocycles. The van der Waals surface area contributed by atoms with E-state index in [0.717, 1.165) is 12.1 Å². The van der Waals surface area contributed by atoms with Gasteiger partial charge in [0.15, 0.2) is 0 Å². The van der Waals surface area contributed by atoms with Crippen molar-refractivity contribution < 1.29 is 9.59 Å². The van der Waals surface area contributed by atoms with Crippen molar-refractivity contribution in [2.24, 2.45) is 11.8 Å². The Morgan fingerprint density at radius 2 is 1.86 bits per heavy atom. The number of benzene rings is 1. The van der Waals surface area contributed by atoms with Gasteiger partial charge in [-0.15, -0.1) is 0 Å². The van der Waals surface area contributed by atoms with E-state index < -0.39 is 6.04 Å². The van der Waals surface area contributed by atoms with Crippen LogP contribution in [0.25, 0.3) is 0 Å². The minimum atomic E-state index is -0.461. The van der Waals surface area contributed by atoms with Crippen LogP contribution in [0.4, 0.5) is 5.69 Å². The van der Waals surface area contributed by atoms with Crippen LogP contribution < -0.4 is 10.2 Å². The molecule has 1 aromatic carbocycles. The van der Waals surface area contributed by atoms with Crippen LogP contribution in [-0.4, -0.2) is 24.4 Å². The molecule has 4 heteroatoms. The second-order valence-electron chi connectivity index (χ2n) is 6.76. The Labute approximate surface area is 132 Å². The number of hydrogen-bond donors (Lipinski definition) is 1. The highest BCUT2D eigenvalue weighted by Gasteiger charge is 2.32. The fourth-order valence-electron chi connectivity index (χ4n) is 2.85. The van der Waals surface area contributed by atoms with E-state index in [4.69, 9.17) is 0 Å². The smallest absolute Gasteiger partial charge is 0.249 e. The Kier molecular flexibility index (Phi) is 5.22. The van der Waals surface area contributed by atoms with Crippen LogP contribution in [0.1, 0.15) is 39.7 Å². The highest BCUT2D eigenvalue weighted by Crippen LogP contribution is 2.28. The lowest BCUT2D eigenvalue weighted by molar-refractivity contribution is -0.129. The molecule has 0 bridgehead atoms. The van der Waals surface area contributed by atoms with Crippen molar-refractivity contribution in [1.82, 2.24) is 5.32 Å². The minimum Gasteiger partial charge on any atom is -0.344 e. The molecule has 1 aliphatic heterocycles. The van der Waals surface area contributed by atoms with Gasteiger partial charge in [0.1, 0.15) is 6.04 Å². The molecule has 120 valence electrons. The summed E-state index contributed by atoms with van der Waals surface area (Å²) in [6, 6.07) is 7.53. The number of rotatable bonds is 5. The summed E-state index contributed by atoms with van der Waals surface area (Å²) >= 11 is 0. The molecule has 4 nitrogen and oxygen atoms in total. The molecule has 0 saturated heterocycles. The number of carbonyl (C=O) groups is 2. The Hall–Kier alpha value is -1.84. The summed E-state index contributed by atoms with van der Waals surface area (Å²) in [6.45, 7) is 8.65. The van der Waals surface area contributed by atoms with E-state index in [1.807, 2.05) is 50.8 Å². The standard InChI is InChI=1S/C18H26N2O2/c1-12(2)11-16(21)19-17(13(3)4)18(22)20-10-9-14-7-5-6-8-15(14)20/h5-8,12-13,17H,9-11H2,1-4H3,(H,19,21)/t17-/m0/s1. The third-order valence-corrected chi connectivity index (χ3v) is 4.00. The van der Waals surface area contributed by atoms with Crippen molar-refractivity contribution in [3.63, 3.8) is 0 Å². The topological polar surface area (TPSA) is 49.4 Å². The van der Waals surface area contributed by atoms with Gasteiger partial charge in [-0.05, 0) is 29.9 Å². The molecular weight excluding hydrogens is 276 g/mol. The number of carbonyl (C=O) groups excluding carboxylic acids is 2. The van der Waals surface area contributed by atoms with Crippen molar-refractivity contribution in [3.05, 3.63) is 29.8 Å². The zero-order chi connectivity index (χ0) is 16.3. The molecule has 1 heterocycles. The molecule has 1 N–H and O–H groups in total. The average Bonchev–Trinajstić information content (AvgIpc) is 2.87. The monoisotopic (exact) mass is 302 g/mol. The van der Waals surface area contributed by atoms with Crippen LogP contribution in [-0.2, 0) is 16.0 Å². The number of nitrogens with one attached hydrogen (secondary N) is 1. The van der Waals surface area contributed by atoms with Gasteiger partial charge in [-0.2, -0.15) is 0 Å². The van der Waals surface area contributed by atoms with Crippen LogP contribution in [0.15, 0.2) is 24.3 Å². The SMILES string of the molecule is CC(C)CC(=O)N[C@H](C(=O)N1CCc2ccccc21)C(C)C. The molecule has 2 amide bonds. The lowest BCUT2D eigenvalue weighted by Gasteiger charge is -2.27. The van der Waals surface area contributed by atoms with Gasteiger partial charge in [0.25, 0.3) is 0 Å². The summed E-state index contributed by atoms with van der Waals surface area (Å²) in [5.74, 6) is 0.304. The van der Waals surface area contributed by atoms with Crippen molar-refractivity contribution in [2.75, 3.05) is 11.4 Å². The first-order chi connectivity index (χ1) is 10.4. The fourth-order valence-corrected chi connectivity index (χ4v) is 2.85. The van der Waals surface area contributed by atoms with E-state index in [2.05, 4.69) is 11.4 Å². The Bertz CT molecular complexity index is 552. The highest BCUT2D eigenvalue weighted by molar-refractivity contribution is 6.00. The Balaban J connectivity index is 2.13. The molecule has 1 atom stereocenters. The molecule has 1 aliphatic rings. The Morgan fingerprint density at radius 3 is 2.50 bits per heavy atom. The lowest BCUT2D eigenvalue weighted by Crippen LogP contribution is -2.51. The van der Waals surface area contributed by atoms with E-state index in [1.165, 1.54) is 5.56 Å². The van der Waals surface area contributed by atoms with Crippen LogP contribution in [0.2, 0.25) is 0 Å². The van der Waals surface area contributed by atoms with Gasteiger partial charge in [0.05, 0.1) is 0 Å². The Morgan fingerprint density at radius 1 is 1.18 bits per heavy atom. The second-order valence-corrected chi connectivity index (χ2v) is 6.76. The van der Waals surface area contributed by atoms with Crippen molar-refractivity contribution in [3.8, 4) is 0 Å². The van der Waals surface area contributed by atoms with Crippen molar-refractivity contribution in [2.45, 2.75) is 46.6 Å². The molecule has 0 spiro atoms. The summed E-state index contributed by atoms with van der Waals surface area (Å²) < 4.78 is 0. The van der Waals surface area contributed by atoms with Crippen LogP contribution >= 0.6 is 0 Å². The van der Waals surface area contributed by atoms with E-state index in [0.29, 0.717) is 13.0 Å². The zero-order valence-electron chi connectivity index (χ0n) is 13.9. The third-order valence-electron chi connectivity index (χ3n) is 4.00. The first-order valence-corrected chi connectivity index (χ1v) is 8.08. The summed E-state index contributed by atoms with van der Waals surface area (Å²) in [5, 5.41) is 2.93. The first kappa shape index (κ1) is 16.5. The predicted molar refractivity (Wildman–Crippen MR) is 88.7 cm³/mol. The van der Waals surface area contributed by atoms with Gasteiger partial charge >= 0.3 is 0 Å². The van der Waals surface area contributed by atoms with Crippen LogP contribution in [0, 0.1) is 11.8 Å². The van der Waals surface area contributed by atoms with E-state index >= 15 is 0 Å². The van der Waals surface area contributed by atoms with Gasteiger partial charge < -0.3 is 10.2 Å². The second kappa shape index (κ2) is 6.95. The van der Waals surface area contributed by atoms with E-state index in [1.54, 1.807) is 0 Å². The molecule has 2 rings (SSSR count). The highest BCUT2D eigenvalue weighted by atomic mass is 16.2. The number of fused-ring (bicyclic) bond motifs is 1. The maximum Gasteiger partial charge on any atom is 0.249 e. The van der Waals surface area contributed by atoms with E-state index in [9.17, 15) is 9.59 Å². The molecule has 0 aromatic heterocycles. The fraction of sp³-hybridized carbons (Fsp3) is 0.556. The third kappa shape index (κ3) is 3.67. The van der Waals surface area contributed by atoms with Gasteiger partial charge in [0.2, 0.25) is 11.8 Å². The van der Waals surface area contributed by atoms with Gasteiger partial charge in [0, 0.05) is 18.7 Å². The van der Waals surface area contributed by atoms with Gasteiger partial charge in [-0.1, -0.05) is 45.9 Å². The van der Waals surface area contributed by atoms with E-state index in [-0.39, 0.29) is 23.7 Å². The van der Waals surface area contributed by atoms with Crippen LogP contribution in [0.5, 0.6) is 0 Å². The summed E-state index contributed by atoms with van der Waals surface area (Å²) in [6.07, 6.45) is 1.33. The van der Waals surface area contributed by atoms with Crippen molar-refractivity contribution >= 4 is 17.5 Å². The normalized spacial score (nSPS) is 15.1. The largest absolute Gasteiger partial charge is 0.344 e. The molecule has 0 unspecified atom stereocenters. The summed E-state index contributed by atoms with van der Waals surface area (Å²) in [4.78, 5) is 26.7. The molecule has 0 radical (unpaired) electrons. The lowest BCUT2D eigenvalue weighted by atomic mass is 10.0. The number of para-hydroxylation sites is 1. The molecular formula is C18H26N2O2. The molecule has 0 aliphatic carbocycles. The van der Waals surface area contributed by atoms with Crippen LogP contribution in [0.3, 0.4) is 0 Å². The minimum absolute atomic E-state index is 0.00273. The molecule has 1 aromatic rings. The maximum atomic E-state index is 12.9. The zero-order valence-corrected chi connectivity index (χ0v) is 13.9. The number of anilines is 1. The van der Waals surface area contributed by atoms with Crippen molar-refractivity contribution in [1.29, 1.82) is 0 Å². The average molecular weight is 302 g/mol. The number of hydrogen-bond acceptors (Lipinski definition) is 2. The number of nitrogens with zero attached hydrogens (tertiary/aromatic N) is 1.